The molecule has 0 radical (unpaired) electrons. The fourth-order valence-electron chi connectivity index (χ4n) is 2.63. The monoisotopic (exact) mass is 473 g/mol. The van der Waals surface area contributed by atoms with Gasteiger partial charge >= 0.3 is 5.97 Å². The van der Waals surface area contributed by atoms with Crippen LogP contribution < -0.4 is 5.32 Å². The third-order valence-corrected chi connectivity index (χ3v) is 5.61. The Bertz CT molecular complexity index is 975. The van der Waals surface area contributed by atoms with Crippen molar-refractivity contribution in [1.29, 1.82) is 0 Å². The number of esters is 1. The third kappa shape index (κ3) is 6.20. The predicted octanol–water partition coefficient (Wildman–Crippen LogP) is 4.41. The number of aryl methyl sites for hydroxylation is 2. The van der Waals surface area contributed by atoms with Crippen LogP contribution in [0.25, 0.3) is 0 Å². The summed E-state index contributed by atoms with van der Waals surface area (Å²) in [4.78, 5) is 25.4. The van der Waals surface area contributed by atoms with E-state index in [0.29, 0.717) is 12.2 Å². The second kappa shape index (κ2) is 10.3. The van der Waals surface area contributed by atoms with Crippen LogP contribution in [0.3, 0.4) is 0 Å². The van der Waals surface area contributed by atoms with E-state index in [2.05, 4.69) is 26.3 Å². The minimum absolute atomic E-state index is 0.0996. The lowest BCUT2D eigenvalue weighted by Gasteiger charge is -2.05. The molecule has 3 rings (SSSR count). The highest BCUT2D eigenvalue weighted by molar-refractivity contribution is 9.10. The SMILES string of the molecule is COC(=O)c1nn(CCc2ccccc2)cc1NC(=O)CSc1ccc(Br)cc1. The minimum Gasteiger partial charge on any atom is -0.464 e. The van der Waals surface area contributed by atoms with E-state index in [1.807, 2.05) is 54.6 Å². The van der Waals surface area contributed by atoms with Crippen molar-refractivity contribution in [2.75, 3.05) is 18.2 Å². The second-order valence-corrected chi connectivity index (χ2v) is 8.14. The summed E-state index contributed by atoms with van der Waals surface area (Å²) in [6.07, 6.45) is 2.42. The number of nitrogens with one attached hydrogen (secondary N) is 1. The van der Waals surface area contributed by atoms with Gasteiger partial charge in [0.15, 0.2) is 5.69 Å². The Kier molecular flexibility index (Phi) is 7.48. The fraction of sp³-hybridized carbons (Fsp3) is 0.190. The van der Waals surface area contributed by atoms with Gasteiger partial charge in [0.1, 0.15) is 0 Å². The van der Waals surface area contributed by atoms with Crippen LogP contribution >= 0.6 is 27.7 Å². The van der Waals surface area contributed by atoms with Gasteiger partial charge in [0.25, 0.3) is 0 Å². The summed E-state index contributed by atoms with van der Waals surface area (Å²) in [7, 11) is 1.29. The van der Waals surface area contributed by atoms with Gasteiger partial charge in [-0.15, -0.1) is 11.8 Å². The molecule has 0 aliphatic rings. The summed E-state index contributed by atoms with van der Waals surface area (Å²) in [5, 5.41) is 7.07. The summed E-state index contributed by atoms with van der Waals surface area (Å²) < 4.78 is 7.43. The summed E-state index contributed by atoms with van der Waals surface area (Å²) in [6.45, 7) is 0.581. The second-order valence-electron chi connectivity index (χ2n) is 6.17. The highest BCUT2D eigenvalue weighted by Gasteiger charge is 2.19. The van der Waals surface area contributed by atoms with Crippen LogP contribution in [0.4, 0.5) is 5.69 Å². The zero-order valence-corrected chi connectivity index (χ0v) is 18.2. The van der Waals surface area contributed by atoms with Crippen molar-refractivity contribution in [3.8, 4) is 0 Å². The van der Waals surface area contributed by atoms with Crippen LogP contribution in [-0.4, -0.2) is 34.5 Å². The minimum atomic E-state index is -0.584. The van der Waals surface area contributed by atoms with Gasteiger partial charge in [0.2, 0.25) is 5.91 Å². The molecule has 0 unspecified atom stereocenters. The normalized spacial score (nSPS) is 10.6. The molecule has 0 bridgehead atoms. The van der Waals surface area contributed by atoms with Gasteiger partial charge in [0, 0.05) is 22.1 Å². The molecule has 8 heteroatoms. The van der Waals surface area contributed by atoms with E-state index in [1.54, 1.807) is 10.9 Å². The molecule has 29 heavy (non-hydrogen) atoms. The Morgan fingerprint density at radius 2 is 1.86 bits per heavy atom. The maximum absolute atomic E-state index is 12.4. The Morgan fingerprint density at radius 3 is 2.55 bits per heavy atom. The average molecular weight is 474 g/mol. The number of amides is 1. The van der Waals surface area contributed by atoms with E-state index in [9.17, 15) is 9.59 Å². The standard InChI is InChI=1S/C21H20BrN3O3S/c1-28-21(27)20-18(13-25(24-20)12-11-15-5-3-2-4-6-15)23-19(26)14-29-17-9-7-16(22)8-10-17/h2-10,13H,11-12,14H2,1H3,(H,23,26). The molecule has 1 heterocycles. The van der Waals surface area contributed by atoms with Crippen LogP contribution in [0.1, 0.15) is 16.1 Å². The number of aromatic nitrogens is 2. The third-order valence-electron chi connectivity index (χ3n) is 4.07. The van der Waals surface area contributed by atoms with Gasteiger partial charge in [-0.25, -0.2) is 4.79 Å². The number of nitrogens with zero attached hydrogens (tertiary/aromatic N) is 2. The predicted molar refractivity (Wildman–Crippen MR) is 117 cm³/mol. The number of carbonyl (C=O) groups is 2. The summed E-state index contributed by atoms with van der Waals surface area (Å²) in [5.41, 5.74) is 1.62. The highest BCUT2D eigenvalue weighted by atomic mass is 79.9. The van der Waals surface area contributed by atoms with Crippen LogP contribution in [0.2, 0.25) is 0 Å². The molecule has 0 spiro atoms. The maximum Gasteiger partial charge on any atom is 0.360 e. The molecule has 3 aromatic rings. The first-order chi connectivity index (χ1) is 14.0. The number of hydrogen-bond donors (Lipinski definition) is 1. The number of anilines is 1. The Labute approximate surface area is 181 Å². The quantitative estimate of drug-likeness (QED) is 0.387. The lowest BCUT2D eigenvalue weighted by atomic mass is 10.1. The van der Waals surface area contributed by atoms with Gasteiger partial charge in [-0.2, -0.15) is 5.10 Å². The molecule has 1 amide bonds. The fourth-order valence-corrected chi connectivity index (χ4v) is 3.59. The van der Waals surface area contributed by atoms with Gasteiger partial charge in [0.05, 0.1) is 18.6 Å². The lowest BCUT2D eigenvalue weighted by molar-refractivity contribution is -0.113. The average Bonchev–Trinajstić information content (AvgIpc) is 3.14. The number of ether oxygens (including phenoxy) is 1. The van der Waals surface area contributed by atoms with Crippen molar-refractivity contribution < 1.29 is 14.3 Å². The zero-order valence-electron chi connectivity index (χ0n) is 15.8. The van der Waals surface area contributed by atoms with Crippen LogP contribution in [0.15, 0.2) is 70.2 Å². The molecule has 6 nitrogen and oxygen atoms in total. The van der Waals surface area contributed by atoms with Crippen LogP contribution in [0.5, 0.6) is 0 Å². The summed E-state index contributed by atoms with van der Waals surface area (Å²) in [5.74, 6) is -0.581. The Morgan fingerprint density at radius 1 is 1.14 bits per heavy atom. The van der Waals surface area contributed by atoms with Crippen molar-refractivity contribution in [2.45, 2.75) is 17.9 Å². The number of thioether (sulfide) groups is 1. The van der Waals surface area contributed by atoms with Gasteiger partial charge in [-0.1, -0.05) is 46.3 Å². The number of methoxy groups -OCH3 is 1. The van der Waals surface area contributed by atoms with E-state index in [1.165, 1.54) is 24.4 Å². The highest BCUT2D eigenvalue weighted by Crippen LogP contribution is 2.22. The number of benzene rings is 2. The van der Waals surface area contributed by atoms with E-state index >= 15 is 0 Å². The van der Waals surface area contributed by atoms with Crippen molar-refractivity contribution >= 4 is 45.3 Å². The van der Waals surface area contributed by atoms with E-state index < -0.39 is 5.97 Å². The molecule has 0 saturated carbocycles. The molecule has 2 aromatic carbocycles. The molecule has 0 fully saturated rings. The van der Waals surface area contributed by atoms with Gasteiger partial charge in [-0.05, 0) is 36.2 Å². The topological polar surface area (TPSA) is 73.2 Å². The van der Waals surface area contributed by atoms with Gasteiger partial charge in [-0.3, -0.25) is 9.48 Å². The van der Waals surface area contributed by atoms with Crippen molar-refractivity contribution in [2.24, 2.45) is 0 Å². The summed E-state index contributed by atoms with van der Waals surface area (Å²) in [6, 6.07) is 17.7. The first-order valence-electron chi connectivity index (χ1n) is 8.93. The molecule has 0 atom stereocenters. The number of rotatable bonds is 8. The molecule has 1 N–H and O–H groups in total. The molecule has 150 valence electrons. The van der Waals surface area contributed by atoms with Crippen molar-refractivity contribution in [3.05, 3.63) is 76.5 Å². The first kappa shape index (κ1) is 21.1. The Hall–Kier alpha value is -2.58. The van der Waals surface area contributed by atoms with E-state index in [-0.39, 0.29) is 17.4 Å². The maximum atomic E-state index is 12.4. The van der Waals surface area contributed by atoms with E-state index in [4.69, 9.17) is 4.74 Å². The van der Waals surface area contributed by atoms with Crippen molar-refractivity contribution in [1.82, 2.24) is 9.78 Å². The largest absolute Gasteiger partial charge is 0.464 e. The summed E-state index contributed by atoms with van der Waals surface area (Å²) >= 11 is 4.80. The Balaban J connectivity index is 1.64. The molecular formula is C21H20BrN3O3S. The van der Waals surface area contributed by atoms with Crippen LogP contribution in [-0.2, 0) is 22.5 Å². The molecular weight excluding hydrogens is 454 g/mol. The lowest BCUT2D eigenvalue weighted by Crippen LogP contribution is -2.16. The van der Waals surface area contributed by atoms with E-state index in [0.717, 1.165) is 15.8 Å². The number of halogens is 1. The molecule has 1 aromatic heterocycles. The smallest absolute Gasteiger partial charge is 0.360 e. The molecule has 0 saturated heterocycles. The first-order valence-corrected chi connectivity index (χ1v) is 10.7. The van der Waals surface area contributed by atoms with Crippen molar-refractivity contribution in [3.63, 3.8) is 0 Å². The van der Waals surface area contributed by atoms with Gasteiger partial charge < -0.3 is 10.1 Å². The number of hydrogen-bond acceptors (Lipinski definition) is 5. The number of carbonyl (C=O) groups excluding carboxylic acids is 2. The van der Waals surface area contributed by atoms with Crippen LogP contribution in [0, 0.1) is 0 Å². The molecule has 0 aliphatic heterocycles. The molecule has 0 aliphatic carbocycles. The zero-order chi connectivity index (χ0) is 20.6.